The van der Waals surface area contributed by atoms with Crippen molar-refractivity contribution in [3.05, 3.63) is 78.2 Å². The molecule has 0 unspecified atom stereocenters. The van der Waals surface area contributed by atoms with Crippen LogP contribution in [0.15, 0.2) is 71.3 Å². The van der Waals surface area contributed by atoms with Gasteiger partial charge in [0.1, 0.15) is 11.8 Å². The van der Waals surface area contributed by atoms with Crippen molar-refractivity contribution in [3.63, 3.8) is 0 Å². The van der Waals surface area contributed by atoms with Crippen LogP contribution in [0.2, 0.25) is 0 Å². The second-order valence-electron chi connectivity index (χ2n) is 5.63. The molecule has 0 fully saturated rings. The monoisotopic (exact) mass is 310 g/mol. The number of aromatic nitrogens is 1. The molecule has 0 saturated carbocycles. The Labute approximate surface area is 139 Å². The Hall–Kier alpha value is -3.38. The van der Waals surface area contributed by atoms with E-state index in [1.807, 2.05) is 49.4 Å². The van der Waals surface area contributed by atoms with Gasteiger partial charge in [0.15, 0.2) is 5.76 Å². The molecule has 2 aromatic heterocycles. The van der Waals surface area contributed by atoms with Crippen molar-refractivity contribution >= 4 is 10.8 Å². The van der Waals surface area contributed by atoms with Crippen LogP contribution in [0, 0.1) is 18.3 Å². The molecule has 0 radical (unpaired) electrons. The van der Waals surface area contributed by atoms with Gasteiger partial charge in [-0.05, 0) is 41.5 Å². The average molecular weight is 310 g/mol. The molecule has 114 valence electrons. The van der Waals surface area contributed by atoms with Crippen LogP contribution in [0.5, 0.6) is 0 Å². The SMILES string of the molecule is Cc1nc(-c2ccco2)cc(-c2cccc3ccccc23)c1C#N. The maximum Gasteiger partial charge on any atom is 0.152 e. The molecule has 0 aliphatic carbocycles. The molecule has 4 aromatic rings. The quantitative estimate of drug-likeness (QED) is 0.502. The van der Waals surface area contributed by atoms with Crippen LogP contribution in [0.4, 0.5) is 0 Å². The maximum absolute atomic E-state index is 9.64. The number of aryl methyl sites for hydroxylation is 1. The van der Waals surface area contributed by atoms with Gasteiger partial charge in [-0.25, -0.2) is 4.98 Å². The Balaban J connectivity index is 2.05. The normalized spacial score (nSPS) is 10.7. The Morgan fingerprint density at radius 2 is 1.79 bits per heavy atom. The molecule has 0 amide bonds. The number of fused-ring (bicyclic) bond motifs is 1. The minimum atomic E-state index is 0.599. The highest BCUT2D eigenvalue weighted by molar-refractivity contribution is 5.98. The van der Waals surface area contributed by atoms with Crippen LogP contribution in [-0.2, 0) is 0 Å². The fourth-order valence-electron chi connectivity index (χ4n) is 3.04. The van der Waals surface area contributed by atoms with Crippen LogP contribution >= 0.6 is 0 Å². The number of rotatable bonds is 2. The van der Waals surface area contributed by atoms with E-state index in [0.717, 1.165) is 27.6 Å². The third-order valence-electron chi connectivity index (χ3n) is 4.17. The molecular weight excluding hydrogens is 296 g/mol. The summed E-state index contributed by atoms with van der Waals surface area (Å²) in [6, 6.07) is 22.3. The van der Waals surface area contributed by atoms with Gasteiger partial charge in [-0.1, -0.05) is 42.5 Å². The molecule has 0 aliphatic rings. The number of hydrogen-bond donors (Lipinski definition) is 0. The molecule has 24 heavy (non-hydrogen) atoms. The molecule has 4 rings (SSSR count). The molecule has 0 saturated heterocycles. The van der Waals surface area contributed by atoms with Crippen molar-refractivity contribution in [1.29, 1.82) is 5.26 Å². The Kier molecular flexibility index (Phi) is 3.36. The van der Waals surface area contributed by atoms with Gasteiger partial charge in [-0.15, -0.1) is 0 Å². The zero-order valence-corrected chi connectivity index (χ0v) is 13.2. The van der Waals surface area contributed by atoms with Crippen LogP contribution < -0.4 is 0 Å². The van der Waals surface area contributed by atoms with E-state index in [-0.39, 0.29) is 0 Å². The first-order valence-electron chi connectivity index (χ1n) is 7.71. The maximum atomic E-state index is 9.64. The molecule has 0 spiro atoms. The summed E-state index contributed by atoms with van der Waals surface area (Å²) in [5, 5.41) is 11.9. The van der Waals surface area contributed by atoms with Crippen LogP contribution in [0.3, 0.4) is 0 Å². The second kappa shape index (κ2) is 5.68. The van der Waals surface area contributed by atoms with Gasteiger partial charge in [-0.2, -0.15) is 5.26 Å². The van der Waals surface area contributed by atoms with E-state index in [4.69, 9.17) is 4.42 Å². The molecule has 2 aromatic carbocycles. The Bertz CT molecular complexity index is 1070. The third kappa shape index (κ3) is 2.26. The molecule has 2 heterocycles. The van der Waals surface area contributed by atoms with Gasteiger partial charge in [0.25, 0.3) is 0 Å². The topological polar surface area (TPSA) is 49.8 Å². The van der Waals surface area contributed by atoms with Crippen molar-refractivity contribution < 1.29 is 4.42 Å². The van der Waals surface area contributed by atoms with Gasteiger partial charge < -0.3 is 4.42 Å². The molecule has 0 atom stereocenters. The summed E-state index contributed by atoms with van der Waals surface area (Å²) in [6.07, 6.45) is 1.63. The summed E-state index contributed by atoms with van der Waals surface area (Å²) in [4.78, 5) is 4.54. The van der Waals surface area contributed by atoms with Gasteiger partial charge in [0.2, 0.25) is 0 Å². The van der Waals surface area contributed by atoms with E-state index in [9.17, 15) is 5.26 Å². The van der Waals surface area contributed by atoms with Crippen LogP contribution in [0.25, 0.3) is 33.4 Å². The fraction of sp³-hybridized carbons (Fsp3) is 0.0476. The van der Waals surface area contributed by atoms with Crippen molar-refractivity contribution in [3.8, 4) is 28.7 Å². The lowest BCUT2D eigenvalue weighted by Gasteiger charge is -2.11. The lowest BCUT2D eigenvalue weighted by Crippen LogP contribution is -1.96. The first-order chi connectivity index (χ1) is 11.8. The van der Waals surface area contributed by atoms with E-state index in [2.05, 4.69) is 29.3 Å². The highest BCUT2D eigenvalue weighted by atomic mass is 16.3. The minimum absolute atomic E-state index is 0.599. The summed E-state index contributed by atoms with van der Waals surface area (Å²) in [7, 11) is 0. The Morgan fingerprint density at radius 1 is 0.958 bits per heavy atom. The van der Waals surface area contributed by atoms with Gasteiger partial charge >= 0.3 is 0 Å². The Morgan fingerprint density at radius 3 is 2.58 bits per heavy atom. The van der Waals surface area contributed by atoms with E-state index in [0.29, 0.717) is 17.0 Å². The highest BCUT2D eigenvalue weighted by Gasteiger charge is 2.15. The predicted octanol–water partition coefficient (Wildman–Crippen LogP) is 5.34. The second-order valence-corrected chi connectivity index (χ2v) is 5.63. The molecule has 3 heteroatoms. The van der Waals surface area contributed by atoms with E-state index in [1.54, 1.807) is 6.26 Å². The van der Waals surface area contributed by atoms with Crippen LogP contribution in [0.1, 0.15) is 11.3 Å². The predicted molar refractivity (Wildman–Crippen MR) is 94.3 cm³/mol. The van der Waals surface area contributed by atoms with Crippen molar-refractivity contribution in [2.45, 2.75) is 6.92 Å². The van der Waals surface area contributed by atoms with Gasteiger partial charge in [-0.3, -0.25) is 0 Å². The molecule has 3 nitrogen and oxygen atoms in total. The summed E-state index contributed by atoms with van der Waals surface area (Å²) in [5.74, 6) is 0.698. The minimum Gasteiger partial charge on any atom is -0.463 e. The number of nitriles is 1. The number of nitrogens with zero attached hydrogens (tertiary/aromatic N) is 2. The third-order valence-corrected chi connectivity index (χ3v) is 4.17. The summed E-state index contributed by atoms with van der Waals surface area (Å²) in [5.41, 5.74) is 3.95. The molecule has 0 bridgehead atoms. The van der Waals surface area contributed by atoms with Crippen molar-refractivity contribution in [1.82, 2.24) is 4.98 Å². The molecular formula is C21H14N2O. The van der Waals surface area contributed by atoms with E-state index in [1.165, 1.54) is 0 Å². The zero-order valence-electron chi connectivity index (χ0n) is 13.2. The number of benzene rings is 2. The van der Waals surface area contributed by atoms with Gasteiger partial charge in [0, 0.05) is 5.56 Å². The smallest absolute Gasteiger partial charge is 0.152 e. The van der Waals surface area contributed by atoms with Crippen molar-refractivity contribution in [2.24, 2.45) is 0 Å². The largest absolute Gasteiger partial charge is 0.463 e. The van der Waals surface area contributed by atoms with Crippen LogP contribution in [-0.4, -0.2) is 4.98 Å². The lowest BCUT2D eigenvalue weighted by atomic mass is 9.94. The first-order valence-corrected chi connectivity index (χ1v) is 7.71. The van der Waals surface area contributed by atoms with E-state index < -0.39 is 0 Å². The standard InChI is InChI=1S/C21H14N2O/c1-14-19(13-22)18(12-20(23-14)21-10-5-11-24-21)17-9-4-7-15-6-2-3-8-16(15)17/h2-12H,1H3. The number of pyridine rings is 1. The summed E-state index contributed by atoms with van der Waals surface area (Å²) < 4.78 is 5.48. The average Bonchev–Trinajstić information content (AvgIpc) is 3.15. The van der Waals surface area contributed by atoms with Gasteiger partial charge in [0.05, 0.1) is 17.5 Å². The highest BCUT2D eigenvalue weighted by Crippen LogP contribution is 2.34. The number of hydrogen-bond acceptors (Lipinski definition) is 3. The summed E-state index contributed by atoms with van der Waals surface area (Å²) in [6.45, 7) is 1.86. The first kappa shape index (κ1) is 14.2. The van der Waals surface area contributed by atoms with Crippen molar-refractivity contribution in [2.75, 3.05) is 0 Å². The van der Waals surface area contributed by atoms with E-state index >= 15 is 0 Å². The number of furan rings is 1. The molecule has 0 aliphatic heterocycles. The lowest BCUT2D eigenvalue weighted by molar-refractivity contribution is 0.580. The zero-order chi connectivity index (χ0) is 16.5. The summed E-state index contributed by atoms with van der Waals surface area (Å²) >= 11 is 0. The fourth-order valence-corrected chi connectivity index (χ4v) is 3.04. The molecule has 0 N–H and O–H groups in total.